The summed E-state index contributed by atoms with van der Waals surface area (Å²) in [5.41, 5.74) is 6.88. The van der Waals surface area contributed by atoms with Crippen LogP contribution < -0.4 is 11.1 Å². The van der Waals surface area contributed by atoms with E-state index in [9.17, 15) is 9.59 Å². The van der Waals surface area contributed by atoms with Crippen LogP contribution in [0.2, 0.25) is 0 Å². The van der Waals surface area contributed by atoms with Crippen LogP contribution in [-0.4, -0.2) is 42.9 Å². The number of benzene rings is 1. The van der Waals surface area contributed by atoms with Crippen LogP contribution in [0.4, 0.5) is 0 Å². The molecule has 2 rings (SSSR count). The molecule has 1 fully saturated rings. The van der Waals surface area contributed by atoms with Crippen molar-refractivity contribution >= 4 is 11.8 Å². The summed E-state index contributed by atoms with van der Waals surface area (Å²) in [7, 11) is 0. The molecule has 0 aliphatic carbocycles. The number of hydrogen-bond donors (Lipinski definition) is 2. The van der Waals surface area contributed by atoms with Gasteiger partial charge in [-0.15, -0.1) is 0 Å². The zero-order chi connectivity index (χ0) is 16.2. The van der Waals surface area contributed by atoms with Crippen molar-refractivity contribution in [2.24, 2.45) is 11.1 Å². The maximum Gasteiger partial charge on any atom is 0.253 e. The molecule has 0 spiro atoms. The van der Waals surface area contributed by atoms with Gasteiger partial charge < -0.3 is 16.0 Å². The van der Waals surface area contributed by atoms with Crippen molar-refractivity contribution in [2.45, 2.75) is 26.7 Å². The Bertz CT molecular complexity index is 559. The molecule has 1 aromatic carbocycles. The smallest absolute Gasteiger partial charge is 0.253 e. The number of rotatable bonds is 5. The van der Waals surface area contributed by atoms with Crippen LogP contribution in [-0.2, 0) is 0 Å². The van der Waals surface area contributed by atoms with Gasteiger partial charge in [0.2, 0.25) is 0 Å². The number of nitrogens with zero attached hydrogens (tertiary/aromatic N) is 1. The summed E-state index contributed by atoms with van der Waals surface area (Å²) < 4.78 is 0. The summed E-state index contributed by atoms with van der Waals surface area (Å²) in [6, 6.07) is 6.92. The molecule has 3 N–H and O–H groups in total. The highest BCUT2D eigenvalue weighted by atomic mass is 16.2. The Labute approximate surface area is 131 Å². The SMILES string of the molecule is CCCNC(=O)c1cccc(C(=O)N2CCC(C)(CN)C2)c1. The molecule has 5 heteroatoms. The Morgan fingerprint density at radius 3 is 2.73 bits per heavy atom. The first kappa shape index (κ1) is 16.5. The van der Waals surface area contributed by atoms with Gasteiger partial charge in [-0.3, -0.25) is 9.59 Å². The molecule has 1 heterocycles. The summed E-state index contributed by atoms with van der Waals surface area (Å²) in [5.74, 6) is -0.160. The lowest BCUT2D eigenvalue weighted by molar-refractivity contribution is 0.0777. The summed E-state index contributed by atoms with van der Waals surface area (Å²) in [5, 5.41) is 2.83. The van der Waals surface area contributed by atoms with Crippen molar-refractivity contribution in [1.82, 2.24) is 10.2 Å². The van der Waals surface area contributed by atoms with E-state index < -0.39 is 0 Å². The van der Waals surface area contributed by atoms with Crippen LogP contribution in [0, 0.1) is 5.41 Å². The molecule has 0 bridgehead atoms. The molecule has 1 aromatic rings. The largest absolute Gasteiger partial charge is 0.352 e. The predicted molar refractivity (Wildman–Crippen MR) is 86.7 cm³/mol. The van der Waals surface area contributed by atoms with Gasteiger partial charge in [-0.05, 0) is 43.0 Å². The number of carbonyl (C=O) groups excluding carboxylic acids is 2. The molecule has 2 amide bonds. The van der Waals surface area contributed by atoms with Crippen molar-refractivity contribution in [3.05, 3.63) is 35.4 Å². The van der Waals surface area contributed by atoms with E-state index in [0.717, 1.165) is 19.4 Å². The first-order valence-corrected chi connectivity index (χ1v) is 7.87. The summed E-state index contributed by atoms with van der Waals surface area (Å²) in [6.45, 7) is 6.72. The number of carbonyl (C=O) groups is 2. The normalized spacial score (nSPS) is 21.0. The molecule has 1 aliphatic rings. The van der Waals surface area contributed by atoms with Crippen molar-refractivity contribution in [2.75, 3.05) is 26.2 Å². The number of nitrogens with two attached hydrogens (primary N) is 1. The van der Waals surface area contributed by atoms with Crippen LogP contribution in [0.3, 0.4) is 0 Å². The Balaban J connectivity index is 2.09. The lowest BCUT2D eigenvalue weighted by Crippen LogP contribution is -2.34. The summed E-state index contributed by atoms with van der Waals surface area (Å²) >= 11 is 0. The first-order valence-electron chi connectivity index (χ1n) is 7.87. The van der Waals surface area contributed by atoms with Crippen molar-refractivity contribution < 1.29 is 9.59 Å². The average Bonchev–Trinajstić information content (AvgIpc) is 2.95. The van der Waals surface area contributed by atoms with Crippen LogP contribution in [0.1, 0.15) is 47.4 Å². The molecule has 1 aliphatic heterocycles. The molecule has 1 unspecified atom stereocenters. The fourth-order valence-corrected chi connectivity index (χ4v) is 2.68. The highest BCUT2D eigenvalue weighted by molar-refractivity contribution is 5.99. The molecule has 5 nitrogen and oxygen atoms in total. The minimum atomic E-state index is -0.135. The molecule has 1 atom stereocenters. The highest BCUT2D eigenvalue weighted by Gasteiger charge is 2.35. The third-order valence-electron chi connectivity index (χ3n) is 4.25. The molecule has 1 saturated heterocycles. The number of likely N-dealkylation sites (tertiary alicyclic amines) is 1. The van der Waals surface area contributed by atoms with E-state index in [-0.39, 0.29) is 17.2 Å². The Kier molecular flexibility index (Phi) is 5.19. The lowest BCUT2D eigenvalue weighted by Gasteiger charge is -2.22. The van der Waals surface area contributed by atoms with Crippen LogP contribution in [0.5, 0.6) is 0 Å². The van der Waals surface area contributed by atoms with Gasteiger partial charge in [0.05, 0.1) is 0 Å². The van der Waals surface area contributed by atoms with E-state index in [0.29, 0.717) is 30.8 Å². The second kappa shape index (κ2) is 6.92. The van der Waals surface area contributed by atoms with Gasteiger partial charge in [0, 0.05) is 30.8 Å². The Morgan fingerprint density at radius 2 is 2.09 bits per heavy atom. The van der Waals surface area contributed by atoms with E-state index in [2.05, 4.69) is 12.2 Å². The number of nitrogens with one attached hydrogen (secondary N) is 1. The zero-order valence-corrected chi connectivity index (χ0v) is 13.4. The quantitative estimate of drug-likeness (QED) is 0.868. The van der Waals surface area contributed by atoms with Crippen molar-refractivity contribution in [3.8, 4) is 0 Å². The van der Waals surface area contributed by atoms with Gasteiger partial charge in [-0.1, -0.05) is 19.9 Å². The molecule has 0 saturated carbocycles. The third-order valence-corrected chi connectivity index (χ3v) is 4.25. The topological polar surface area (TPSA) is 75.4 Å². The third kappa shape index (κ3) is 3.65. The molecule has 0 aromatic heterocycles. The standard InChI is InChI=1S/C17H25N3O2/c1-3-8-19-15(21)13-5-4-6-14(10-13)16(22)20-9-7-17(2,11-18)12-20/h4-6,10H,3,7-9,11-12,18H2,1-2H3,(H,19,21). The second-order valence-corrected chi connectivity index (χ2v) is 6.33. The van der Waals surface area contributed by atoms with E-state index in [4.69, 9.17) is 5.73 Å². The van der Waals surface area contributed by atoms with Crippen molar-refractivity contribution in [1.29, 1.82) is 0 Å². The molecular formula is C17H25N3O2. The number of hydrogen-bond acceptors (Lipinski definition) is 3. The summed E-state index contributed by atoms with van der Waals surface area (Å²) in [6.07, 6.45) is 1.81. The minimum absolute atomic E-state index is 0.00573. The van der Waals surface area contributed by atoms with Crippen molar-refractivity contribution in [3.63, 3.8) is 0 Å². The predicted octanol–water partition coefficient (Wildman–Crippen LogP) is 1.64. The minimum Gasteiger partial charge on any atom is -0.352 e. The highest BCUT2D eigenvalue weighted by Crippen LogP contribution is 2.29. The first-order chi connectivity index (χ1) is 10.5. The van der Waals surface area contributed by atoms with Gasteiger partial charge in [0.15, 0.2) is 0 Å². The number of amides is 2. The average molecular weight is 303 g/mol. The van der Waals surface area contributed by atoms with Gasteiger partial charge in [0.1, 0.15) is 0 Å². The maximum atomic E-state index is 12.6. The van der Waals surface area contributed by atoms with E-state index in [1.807, 2.05) is 11.8 Å². The molecular weight excluding hydrogens is 278 g/mol. The Hall–Kier alpha value is -1.88. The van der Waals surface area contributed by atoms with Gasteiger partial charge in [0.25, 0.3) is 11.8 Å². The van der Waals surface area contributed by atoms with Crippen LogP contribution in [0.25, 0.3) is 0 Å². The van der Waals surface area contributed by atoms with E-state index in [1.54, 1.807) is 24.3 Å². The van der Waals surface area contributed by atoms with E-state index in [1.165, 1.54) is 0 Å². The fraction of sp³-hybridized carbons (Fsp3) is 0.529. The van der Waals surface area contributed by atoms with Crippen LogP contribution in [0.15, 0.2) is 24.3 Å². The van der Waals surface area contributed by atoms with Gasteiger partial charge in [-0.2, -0.15) is 0 Å². The second-order valence-electron chi connectivity index (χ2n) is 6.33. The monoisotopic (exact) mass is 303 g/mol. The van der Waals surface area contributed by atoms with E-state index >= 15 is 0 Å². The molecule has 22 heavy (non-hydrogen) atoms. The molecule has 0 radical (unpaired) electrons. The lowest BCUT2D eigenvalue weighted by atomic mass is 9.90. The zero-order valence-electron chi connectivity index (χ0n) is 13.4. The van der Waals surface area contributed by atoms with Gasteiger partial charge >= 0.3 is 0 Å². The molecule has 120 valence electrons. The van der Waals surface area contributed by atoms with Gasteiger partial charge in [-0.25, -0.2) is 0 Å². The fourth-order valence-electron chi connectivity index (χ4n) is 2.68. The van der Waals surface area contributed by atoms with Crippen LogP contribution >= 0.6 is 0 Å². The maximum absolute atomic E-state index is 12.6. The summed E-state index contributed by atoms with van der Waals surface area (Å²) in [4.78, 5) is 26.4. The Morgan fingerprint density at radius 1 is 1.36 bits per heavy atom.